The number of aryl methyl sites for hydroxylation is 1. The summed E-state index contributed by atoms with van der Waals surface area (Å²) in [5.41, 5.74) is 1.09. The highest BCUT2D eigenvalue weighted by molar-refractivity contribution is 6.31. The van der Waals surface area contributed by atoms with Gasteiger partial charge < -0.3 is 5.32 Å². The zero-order valence-electron chi connectivity index (χ0n) is 10.6. The van der Waals surface area contributed by atoms with Gasteiger partial charge in [-0.15, -0.1) is 0 Å². The van der Waals surface area contributed by atoms with Gasteiger partial charge in [0, 0.05) is 13.1 Å². The molecule has 0 unspecified atom stereocenters. The highest BCUT2D eigenvalue weighted by Crippen LogP contribution is 2.27. The van der Waals surface area contributed by atoms with Crippen molar-refractivity contribution < 1.29 is 4.92 Å². The number of anilines is 1. The molecule has 0 saturated heterocycles. The molecular weight excluding hydrogens is 270 g/mol. The monoisotopic (exact) mass is 281 g/mol. The van der Waals surface area contributed by atoms with Gasteiger partial charge in [-0.25, -0.2) is 9.67 Å². The molecule has 8 heteroatoms. The Morgan fingerprint density at radius 2 is 2.11 bits per heavy atom. The Morgan fingerprint density at radius 3 is 2.58 bits per heavy atom. The molecule has 2 aromatic heterocycles. The molecule has 0 spiro atoms. The molecule has 1 N–H and O–H groups in total. The van der Waals surface area contributed by atoms with Gasteiger partial charge in [-0.05, 0) is 19.9 Å². The van der Waals surface area contributed by atoms with Crippen molar-refractivity contribution in [3.8, 4) is 5.82 Å². The third-order valence-electron chi connectivity index (χ3n) is 2.71. The molecule has 0 atom stereocenters. The van der Waals surface area contributed by atoms with Gasteiger partial charge in [0.15, 0.2) is 0 Å². The van der Waals surface area contributed by atoms with Crippen LogP contribution < -0.4 is 5.32 Å². The number of nitro groups is 1. The minimum Gasteiger partial charge on any atom is -0.373 e. The Labute approximate surface area is 114 Å². The normalized spacial score (nSPS) is 10.5. The van der Waals surface area contributed by atoms with E-state index in [4.69, 9.17) is 11.6 Å². The minimum absolute atomic E-state index is 0.124. The van der Waals surface area contributed by atoms with Crippen LogP contribution in [0.1, 0.15) is 11.4 Å². The molecule has 0 saturated carbocycles. The van der Waals surface area contributed by atoms with Crippen molar-refractivity contribution in [3.05, 3.63) is 38.7 Å². The summed E-state index contributed by atoms with van der Waals surface area (Å²) in [7, 11) is 1.69. The van der Waals surface area contributed by atoms with Crippen LogP contribution in [0.2, 0.25) is 5.02 Å². The third kappa shape index (κ3) is 2.24. The first-order valence-electron chi connectivity index (χ1n) is 5.51. The highest BCUT2D eigenvalue weighted by atomic mass is 35.5. The molecule has 0 aromatic carbocycles. The zero-order chi connectivity index (χ0) is 14.2. The lowest BCUT2D eigenvalue weighted by molar-refractivity contribution is -0.384. The summed E-state index contributed by atoms with van der Waals surface area (Å²) < 4.78 is 1.39. The Hall–Kier alpha value is -2.15. The first kappa shape index (κ1) is 13.3. The quantitative estimate of drug-likeness (QED) is 0.690. The maximum atomic E-state index is 11.1. The topological polar surface area (TPSA) is 85.9 Å². The summed E-state index contributed by atoms with van der Waals surface area (Å²) in [5.74, 6) is 0.661. The predicted molar refractivity (Wildman–Crippen MR) is 72.0 cm³/mol. The predicted octanol–water partition coefficient (Wildman–Crippen LogP) is 2.49. The molecule has 2 aromatic rings. The second-order valence-electron chi connectivity index (χ2n) is 3.94. The van der Waals surface area contributed by atoms with Crippen LogP contribution in [0, 0.1) is 24.0 Å². The van der Waals surface area contributed by atoms with E-state index in [0.29, 0.717) is 22.2 Å². The van der Waals surface area contributed by atoms with Crippen molar-refractivity contribution in [1.29, 1.82) is 0 Å². The maximum Gasteiger partial charge on any atom is 0.313 e. The van der Waals surface area contributed by atoms with Gasteiger partial charge in [-0.3, -0.25) is 10.1 Å². The molecular formula is C11H12ClN5O2. The summed E-state index contributed by atoms with van der Waals surface area (Å²) in [6.07, 6.45) is 0. The molecule has 100 valence electrons. The van der Waals surface area contributed by atoms with Crippen LogP contribution in [0.4, 0.5) is 11.5 Å². The van der Waals surface area contributed by atoms with Crippen LogP contribution in [0.15, 0.2) is 12.1 Å². The summed E-state index contributed by atoms with van der Waals surface area (Å²) in [6.45, 7) is 3.47. The van der Waals surface area contributed by atoms with Crippen molar-refractivity contribution in [1.82, 2.24) is 14.8 Å². The Balaban J connectivity index is 2.71. The maximum absolute atomic E-state index is 11.1. The lowest BCUT2D eigenvalue weighted by atomic mass is 10.3. The Morgan fingerprint density at radius 1 is 1.42 bits per heavy atom. The van der Waals surface area contributed by atoms with Gasteiger partial charge in [-0.1, -0.05) is 11.6 Å². The summed E-state index contributed by atoms with van der Waals surface area (Å²) >= 11 is 6.06. The van der Waals surface area contributed by atoms with Gasteiger partial charge >= 0.3 is 5.69 Å². The molecule has 7 nitrogen and oxygen atoms in total. The average Bonchev–Trinajstić information content (AvgIpc) is 2.65. The van der Waals surface area contributed by atoms with Crippen LogP contribution in [0.5, 0.6) is 0 Å². The smallest absolute Gasteiger partial charge is 0.313 e. The van der Waals surface area contributed by atoms with Gasteiger partial charge in [0.05, 0.1) is 21.3 Å². The SMILES string of the molecule is CNc1ccc([N+](=O)[O-])c(-n2nc(C)c(Cl)c2C)n1. The first-order chi connectivity index (χ1) is 8.95. The van der Waals surface area contributed by atoms with Gasteiger partial charge in [0.25, 0.3) is 0 Å². The van der Waals surface area contributed by atoms with E-state index >= 15 is 0 Å². The van der Waals surface area contributed by atoms with E-state index < -0.39 is 4.92 Å². The Bertz CT molecular complexity index is 653. The summed E-state index contributed by atoms with van der Waals surface area (Å²) in [5, 5.41) is 18.6. The number of halogens is 1. The molecule has 2 heterocycles. The van der Waals surface area contributed by atoms with E-state index in [-0.39, 0.29) is 11.5 Å². The fourth-order valence-electron chi connectivity index (χ4n) is 1.71. The highest BCUT2D eigenvalue weighted by Gasteiger charge is 2.21. The van der Waals surface area contributed by atoms with Crippen LogP contribution in [0.25, 0.3) is 5.82 Å². The standard InChI is InChI=1S/C11H12ClN5O2/c1-6-10(12)7(2)16(15-6)11-8(17(18)19)4-5-9(13-3)14-11/h4-5H,1-3H3,(H,13,14). The fourth-order valence-corrected chi connectivity index (χ4v) is 1.83. The zero-order valence-corrected chi connectivity index (χ0v) is 11.4. The summed E-state index contributed by atoms with van der Waals surface area (Å²) in [4.78, 5) is 14.8. The van der Waals surface area contributed by atoms with Crippen LogP contribution in [-0.2, 0) is 0 Å². The average molecular weight is 282 g/mol. The van der Waals surface area contributed by atoms with Crippen LogP contribution in [-0.4, -0.2) is 26.7 Å². The number of aromatic nitrogens is 3. The molecule has 0 bridgehead atoms. The molecule has 0 fully saturated rings. The molecule has 0 amide bonds. The third-order valence-corrected chi connectivity index (χ3v) is 3.26. The van der Waals surface area contributed by atoms with Gasteiger partial charge in [-0.2, -0.15) is 5.10 Å². The fraction of sp³-hybridized carbons (Fsp3) is 0.273. The molecule has 0 aliphatic carbocycles. The van der Waals surface area contributed by atoms with E-state index in [2.05, 4.69) is 15.4 Å². The first-order valence-corrected chi connectivity index (χ1v) is 5.88. The second kappa shape index (κ2) is 4.85. The number of nitrogens with one attached hydrogen (secondary N) is 1. The molecule has 0 aliphatic rings. The van der Waals surface area contributed by atoms with Gasteiger partial charge in [0.2, 0.25) is 5.82 Å². The van der Waals surface area contributed by atoms with Crippen molar-refractivity contribution >= 4 is 23.1 Å². The number of pyridine rings is 1. The van der Waals surface area contributed by atoms with E-state index in [1.54, 1.807) is 20.9 Å². The van der Waals surface area contributed by atoms with Crippen molar-refractivity contribution in [2.75, 3.05) is 12.4 Å². The van der Waals surface area contributed by atoms with E-state index in [1.165, 1.54) is 16.8 Å². The molecule has 0 aliphatic heterocycles. The van der Waals surface area contributed by atoms with Crippen molar-refractivity contribution in [2.45, 2.75) is 13.8 Å². The Kier molecular flexibility index (Phi) is 3.39. The van der Waals surface area contributed by atoms with E-state index in [0.717, 1.165) is 0 Å². The van der Waals surface area contributed by atoms with Gasteiger partial charge in [0.1, 0.15) is 5.82 Å². The van der Waals surface area contributed by atoms with Crippen molar-refractivity contribution in [3.63, 3.8) is 0 Å². The van der Waals surface area contributed by atoms with Crippen molar-refractivity contribution in [2.24, 2.45) is 0 Å². The second-order valence-corrected chi connectivity index (χ2v) is 4.32. The number of hydrogen-bond donors (Lipinski definition) is 1. The summed E-state index contributed by atoms with van der Waals surface area (Å²) in [6, 6.07) is 2.92. The lowest BCUT2D eigenvalue weighted by Gasteiger charge is -2.06. The van der Waals surface area contributed by atoms with Crippen LogP contribution in [0.3, 0.4) is 0 Å². The number of hydrogen-bond acceptors (Lipinski definition) is 5. The minimum atomic E-state index is -0.494. The lowest BCUT2D eigenvalue weighted by Crippen LogP contribution is -2.08. The molecule has 2 rings (SSSR count). The van der Waals surface area contributed by atoms with E-state index in [1.807, 2.05) is 0 Å². The van der Waals surface area contributed by atoms with E-state index in [9.17, 15) is 10.1 Å². The van der Waals surface area contributed by atoms with Crippen LogP contribution >= 0.6 is 11.6 Å². The number of rotatable bonds is 3. The molecule has 0 radical (unpaired) electrons. The number of nitrogens with zero attached hydrogens (tertiary/aromatic N) is 4. The largest absolute Gasteiger partial charge is 0.373 e. The molecule has 19 heavy (non-hydrogen) atoms.